The van der Waals surface area contributed by atoms with Crippen molar-refractivity contribution in [2.75, 3.05) is 11.5 Å². The number of rotatable bonds is 5. The lowest BCUT2D eigenvalue weighted by Crippen LogP contribution is -2.28. The van der Waals surface area contributed by atoms with Crippen molar-refractivity contribution in [1.29, 1.82) is 0 Å². The number of carbonyl (C=O) groups is 4. The molecule has 176 valence electrons. The van der Waals surface area contributed by atoms with Gasteiger partial charge in [0.05, 0.1) is 22.5 Å². The number of aromatic nitrogens is 1. The smallest absolute Gasteiger partial charge is 0.326 e. The number of esters is 1. The zero-order valence-electron chi connectivity index (χ0n) is 18.9. The second kappa shape index (κ2) is 9.27. The summed E-state index contributed by atoms with van der Waals surface area (Å²) in [5.41, 5.74) is 1.52. The Morgan fingerprint density at radius 2 is 1.69 bits per heavy atom. The van der Waals surface area contributed by atoms with Crippen LogP contribution >= 0.6 is 11.3 Å². The lowest BCUT2D eigenvalue weighted by atomic mass is 10.1. The van der Waals surface area contributed by atoms with Crippen LogP contribution in [0.2, 0.25) is 0 Å². The fourth-order valence-corrected chi connectivity index (χ4v) is 5.30. The Bertz CT molecular complexity index is 1550. The van der Waals surface area contributed by atoms with E-state index >= 15 is 0 Å². The van der Waals surface area contributed by atoms with E-state index in [-0.39, 0.29) is 37.8 Å². The van der Waals surface area contributed by atoms with Gasteiger partial charge in [0.2, 0.25) is 11.8 Å². The molecule has 0 N–H and O–H groups in total. The van der Waals surface area contributed by atoms with E-state index in [9.17, 15) is 19.2 Å². The van der Waals surface area contributed by atoms with Gasteiger partial charge in [-0.05, 0) is 42.6 Å². The number of nitrogens with zero attached hydrogens (tertiary/aromatic N) is 3. The molecule has 8 nitrogen and oxygen atoms in total. The Balaban J connectivity index is 1.56. The van der Waals surface area contributed by atoms with Crippen molar-refractivity contribution in [3.63, 3.8) is 0 Å². The average Bonchev–Trinajstić information content (AvgIpc) is 3.38. The largest absolute Gasteiger partial charge is 0.465 e. The molecule has 1 fully saturated rings. The molecule has 0 atom stereocenters. The van der Waals surface area contributed by atoms with Crippen molar-refractivity contribution in [2.24, 2.45) is 4.99 Å². The molecule has 1 saturated heterocycles. The predicted octanol–water partition coefficient (Wildman–Crippen LogP) is 3.81. The number of carbonyl (C=O) groups excluding carboxylic acids is 4. The molecule has 0 bridgehead atoms. The fraction of sp³-hybridized carbons (Fsp3) is 0.192. The normalized spacial score (nSPS) is 14.3. The summed E-state index contributed by atoms with van der Waals surface area (Å²) in [4.78, 5) is 55.2. The molecule has 2 heterocycles. The molecular formula is C26H21N3O5S. The van der Waals surface area contributed by atoms with Crippen LogP contribution in [0.5, 0.6) is 0 Å². The monoisotopic (exact) mass is 487 g/mol. The molecule has 0 aliphatic carbocycles. The van der Waals surface area contributed by atoms with Crippen molar-refractivity contribution in [3.8, 4) is 0 Å². The van der Waals surface area contributed by atoms with Crippen LogP contribution in [0.4, 0.5) is 5.69 Å². The minimum atomic E-state index is -0.496. The second-order valence-electron chi connectivity index (χ2n) is 8.00. The molecule has 9 heteroatoms. The molecular weight excluding hydrogens is 466 g/mol. The standard InChI is InChI=1S/C26H21N3O5S/c1-2-34-23(32)15-28-20-12-9-16-5-3-4-6-19(16)24(20)35-26(28)27-25(33)17-7-10-18(11-8-17)29-21(30)13-14-22(29)31/h3-12H,2,13-15H2,1H3. The zero-order valence-corrected chi connectivity index (χ0v) is 19.7. The Morgan fingerprint density at radius 3 is 2.40 bits per heavy atom. The van der Waals surface area contributed by atoms with E-state index in [0.29, 0.717) is 16.1 Å². The maximum atomic E-state index is 13.0. The lowest BCUT2D eigenvalue weighted by molar-refractivity contribution is -0.143. The second-order valence-corrected chi connectivity index (χ2v) is 8.97. The Morgan fingerprint density at radius 1 is 0.971 bits per heavy atom. The first-order valence-corrected chi connectivity index (χ1v) is 12.0. The van der Waals surface area contributed by atoms with Crippen LogP contribution in [0.1, 0.15) is 30.1 Å². The van der Waals surface area contributed by atoms with Crippen molar-refractivity contribution in [1.82, 2.24) is 4.57 Å². The number of anilines is 1. The Kier molecular flexibility index (Phi) is 6.00. The third kappa shape index (κ3) is 4.26. The van der Waals surface area contributed by atoms with Crippen LogP contribution in [0.15, 0.2) is 65.7 Å². The minimum absolute atomic E-state index is 0.0730. The number of hydrogen-bond donors (Lipinski definition) is 0. The van der Waals surface area contributed by atoms with E-state index in [1.165, 1.54) is 11.3 Å². The molecule has 1 aromatic heterocycles. The first kappa shape index (κ1) is 22.7. The third-order valence-corrected chi connectivity index (χ3v) is 6.92. The van der Waals surface area contributed by atoms with Gasteiger partial charge in [0.1, 0.15) is 6.54 Å². The number of ether oxygens (including phenoxy) is 1. The molecule has 4 aromatic rings. The van der Waals surface area contributed by atoms with Gasteiger partial charge < -0.3 is 9.30 Å². The van der Waals surface area contributed by atoms with Crippen LogP contribution in [-0.2, 0) is 25.7 Å². The number of fused-ring (bicyclic) bond motifs is 3. The minimum Gasteiger partial charge on any atom is -0.465 e. The van der Waals surface area contributed by atoms with E-state index in [4.69, 9.17) is 4.74 Å². The van der Waals surface area contributed by atoms with E-state index in [2.05, 4.69) is 4.99 Å². The van der Waals surface area contributed by atoms with Crippen molar-refractivity contribution >= 4 is 61.7 Å². The summed E-state index contributed by atoms with van der Waals surface area (Å²) < 4.78 is 7.74. The third-order valence-electron chi connectivity index (χ3n) is 5.79. The first-order chi connectivity index (χ1) is 17.0. The van der Waals surface area contributed by atoms with Gasteiger partial charge in [-0.3, -0.25) is 24.1 Å². The summed E-state index contributed by atoms with van der Waals surface area (Å²) in [6.45, 7) is 1.92. The van der Waals surface area contributed by atoms with Crippen molar-refractivity contribution in [3.05, 3.63) is 71.0 Å². The number of hydrogen-bond acceptors (Lipinski definition) is 6. The number of benzene rings is 3. The van der Waals surface area contributed by atoms with Gasteiger partial charge >= 0.3 is 5.97 Å². The van der Waals surface area contributed by atoms with E-state index in [1.54, 1.807) is 35.8 Å². The maximum Gasteiger partial charge on any atom is 0.326 e. The Labute approximate surface area is 204 Å². The summed E-state index contributed by atoms with van der Waals surface area (Å²) in [6.07, 6.45) is 0.381. The van der Waals surface area contributed by atoms with Gasteiger partial charge in [0.15, 0.2) is 4.80 Å². The quantitative estimate of drug-likeness (QED) is 0.315. The molecule has 0 saturated carbocycles. The van der Waals surface area contributed by atoms with E-state index < -0.39 is 11.9 Å². The average molecular weight is 488 g/mol. The van der Waals surface area contributed by atoms with Crippen LogP contribution in [0.3, 0.4) is 0 Å². The van der Waals surface area contributed by atoms with E-state index in [0.717, 1.165) is 25.9 Å². The Hall–Kier alpha value is -4.11. The summed E-state index contributed by atoms with van der Waals surface area (Å²) in [5.74, 6) is -1.42. The van der Waals surface area contributed by atoms with Crippen molar-refractivity contribution in [2.45, 2.75) is 26.3 Å². The molecule has 1 aliphatic rings. The van der Waals surface area contributed by atoms with Gasteiger partial charge in [-0.1, -0.05) is 41.7 Å². The van der Waals surface area contributed by atoms with Gasteiger partial charge in [0, 0.05) is 23.8 Å². The lowest BCUT2D eigenvalue weighted by Gasteiger charge is -2.13. The SMILES string of the molecule is CCOC(=O)Cn1c(=NC(=O)c2ccc(N3C(=O)CCC3=O)cc2)sc2c3ccccc3ccc21. The number of amides is 3. The van der Waals surface area contributed by atoms with Crippen LogP contribution in [-0.4, -0.2) is 34.9 Å². The van der Waals surface area contributed by atoms with E-state index in [1.807, 2.05) is 36.4 Å². The highest BCUT2D eigenvalue weighted by molar-refractivity contribution is 7.17. The topological polar surface area (TPSA) is 98.0 Å². The zero-order chi connectivity index (χ0) is 24.5. The molecule has 0 radical (unpaired) electrons. The summed E-state index contributed by atoms with van der Waals surface area (Å²) in [6, 6.07) is 18.0. The molecule has 3 amide bonds. The number of thiazole rings is 1. The van der Waals surface area contributed by atoms with Gasteiger partial charge in [-0.25, -0.2) is 0 Å². The predicted molar refractivity (Wildman–Crippen MR) is 132 cm³/mol. The molecule has 35 heavy (non-hydrogen) atoms. The van der Waals surface area contributed by atoms with Gasteiger partial charge in [-0.15, -0.1) is 0 Å². The summed E-state index contributed by atoms with van der Waals surface area (Å²) in [7, 11) is 0. The molecule has 0 unspecified atom stereocenters. The first-order valence-electron chi connectivity index (χ1n) is 11.2. The highest BCUT2D eigenvalue weighted by Gasteiger charge is 2.30. The van der Waals surface area contributed by atoms with Crippen LogP contribution < -0.4 is 9.70 Å². The molecule has 5 rings (SSSR count). The fourth-order valence-electron chi connectivity index (χ4n) is 4.14. The van der Waals surface area contributed by atoms with Crippen LogP contribution in [0.25, 0.3) is 21.0 Å². The molecule has 3 aromatic carbocycles. The maximum absolute atomic E-state index is 13.0. The highest BCUT2D eigenvalue weighted by Crippen LogP contribution is 2.28. The molecule has 0 spiro atoms. The highest BCUT2D eigenvalue weighted by atomic mass is 32.1. The van der Waals surface area contributed by atoms with Gasteiger partial charge in [-0.2, -0.15) is 4.99 Å². The summed E-state index contributed by atoms with van der Waals surface area (Å²) in [5, 5.41) is 2.05. The molecule has 1 aliphatic heterocycles. The summed E-state index contributed by atoms with van der Waals surface area (Å²) >= 11 is 1.33. The van der Waals surface area contributed by atoms with Crippen LogP contribution in [0, 0.1) is 0 Å². The van der Waals surface area contributed by atoms with Crippen molar-refractivity contribution < 1.29 is 23.9 Å². The van der Waals surface area contributed by atoms with Gasteiger partial charge in [0.25, 0.3) is 5.91 Å². The number of imide groups is 1.